The fraction of sp³-hybridized carbons (Fsp3) is 1.00. The Morgan fingerprint density at radius 1 is 1.35 bits per heavy atom. The van der Waals surface area contributed by atoms with Crippen molar-refractivity contribution in [1.82, 2.24) is 9.80 Å². The molecule has 2 fully saturated rings. The van der Waals surface area contributed by atoms with Gasteiger partial charge in [-0.15, -0.1) is 0 Å². The molecule has 0 aliphatic carbocycles. The zero-order valence-electron chi connectivity index (χ0n) is 11.1. The lowest BCUT2D eigenvalue weighted by Crippen LogP contribution is -2.50. The van der Waals surface area contributed by atoms with E-state index in [1.165, 1.54) is 19.4 Å². The van der Waals surface area contributed by atoms with Crippen molar-refractivity contribution in [3.8, 4) is 0 Å². The molecule has 100 valence electrons. The molecule has 0 saturated carbocycles. The Bertz CT molecular complexity index is 237. The van der Waals surface area contributed by atoms with Crippen LogP contribution in [0.25, 0.3) is 0 Å². The Labute approximate surface area is 114 Å². The molecule has 4 heteroatoms. The van der Waals surface area contributed by atoms with Crippen molar-refractivity contribution in [2.24, 2.45) is 0 Å². The largest absolute Gasteiger partial charge is 0.374 e. The van der Waals surface area contributed by atoms with Crippen molar-refractivity contribution in [3.63, 3.8) is 0 Å². The third-order valence-electron chi connectivity index (χ3n) is 4.02. The predicted molar refractivity (Wildman–Crippen MR) is 74.8 cm³/mol. The molecule has 2 heterocycles. The van der Waals surface area contributed by atoms with Crippen molar-refractivity contribution in [1.29, 1.82) is 0 Å². The van der Waals surface area contributed by atoms with Crippen LogP contribution in [-0.2, 0) is 4.74 Å². The monoisotopic (exact) mass is 304 g/mol. The Kier molecular flexibility index (Phi) is 5.27. The molecule has 0 bridgehead atoms. The number of morpholine rings is 1. The zero-order valence-corrected chi connectivity index (χ0v) is 12.7. The maximum atomic E-state index is 5.91. The van der Waals surface area contributed by atoms with E-state index in [0.717, 1.165) is 37.6 Å². The zero-order chi connectivity index (χ0) is 12.3. The van der Waals surface area contributed by atoms with E-state index in [0.29, 0.717) is 12.1 Å². The maximum Gasteiger partial charge on any atom is 0.0829 e. The van der Waals surface area contributed by atoms with Crippen molar-refractivity contribution >= 4 is 15.9 Å². The Morgan fingerprint density at radius 3 is 2.88 bits per heavy atom. The van der Waals surface area contributed by atoms with Crippen LogP contribution in [0.5, 0.6) is 0 Å². The molecular formula is C13H25BrN2O. The maximum absolute atomic E-state index is 5.91. The second-order valence-electron chi connectivity index (χ2n) is 5.53. The molecule has 2 aliphatic rings. The van der Waals surface area contributed by atoms with Crippen LogP contribution in [0.1, 0.15) is 26.7 Å². The smallest absolute Gasteiger partial charge is 0.0829 e. The number of hydrogen-bond acceptors (Lipinski definition) is 3. The SMILES string of the molecule is CC(C)N1CCOC(CN2CCCC2CBr)C1. The summed E-state index contributed by atoms with van der Waals surface area (Å²) in [5, 5.41) is 1.10. The van der Waals surface area contributed by atoms with Crippen LogP contribution in [0, 0.1) is 0 Å². The van der Waals surface area contributed by atoms with E-state index >= 15 is 0 Å². The van der Waals surface area contributed by atoms with E-state index in [1.54, 1.807) is 0 Å². The fourth-order valence-corrected chi connectivity index (χ4v) is 3.63. The predicted octanol–water partition coefficient (Wildman–Crippen LogP) is 1.95. The highest BCUT2D eigenvalue weighted by atomic mass is 79.9. The van der Waals surface area contributed by atoms with Crippen molar-refractivity contribution in [2.75, 3.05) is 38.1 Å². The Balaban J connectivity index is 1.82. The molecule has 3 nitrogen and oxygen atoms in total. The van der Waals surface area contributed by atoms with Crippen molar-refractivity contribution < 1.29 is 4.74 Å². The van der Waals surface area contributed by atoms with Crippen LogP contribution < -0.4 is 0 Å². The molecule has 2 aliphatic heterocycles. The number of rotatable bonds is 4. The van der Waals surface area contributed by atoms with Gasteiger partial charge in [0.1, 0.15) is 0 Å². The molecule has 17 heavy (non-hydrogen) atoms. The van der Waals surface area contributed by atoms with Crippen LogP contribution in [0.2, 0.25) is 0 Å². The number of ether oxygens (including phenoxy) is 1. The van der Waals surface area contributed by atoms with Crippen LogP contribution >= 0.6 is 15.9 Å². The number of alkyl halides is 1. The van der Waals surface area contributed by atoms with E-state index in [2.05, 4.69) is 39.6 Å². The summed E-state index contributed by atoms with van der Waals surface area (Å²) < 4.78 is 5.91. The third kappa shape index (κ3) is 3.66. The highest BCUT2D eigenvalue weighted by Gasteiger charge is 2.29. The van der Waals surface area contributed by atoms with E-state index in [4.69, 9.17) is 4.74 Å². The molecule has 2 rings (SSSR count). The first kappa shape index (κ1) is 13.8. The molecule has 0 amide bonds. The summed E-state index contributed by atoms with van der Waals surface area (Å²) in [6.45, 7) is 10.0. The second-order valence-corrected chi connectivity index (χ2v) is 6.17. The summed E-state index contributed by atoms with van der Waals surface area (Å²) in [5.41, 5.74) is 0. The highest BCUT2D eigenvalue weighted by molar-refractivity contribution is 9.09. The van der Waals surface area contributed by atoms with Gasteiger partial charge in [0.05, 0.1) is 12.7 Å². The lowest BCUT2D eigenvalue weighted by atomic mass is 10.2. The van der Waals surface area contributed by atoms with Crippen molar-refractivity contribution in [2.45, 2.75) is 44.9 Å². The van der Waals surface area contributed by atoms with Gasteiger partial charge in [-0.25, -0.2) is 0 Å². The van der Waals surface area contributed by atoms with Gasteiger partial charge in [0.2, 0.25) is 0 Å². The summed E-state index contributed by atoms with van der Waals surface area (Å²) in [6, 6.07) is 1.37. The summed E-state index contributed by atoms with van der Waals surface area (Å²) >= 11 is 3.62. The van der Waals surface area contributed by atoms with Crippen LogP contribution in [0.3, 0.4) is 0 Å². The normalized spacial score (nSPS) is 32.5. The van der Waals surface area contributed by atoms with Gasteiger partial charge in [-0.05, 0) is 33.2 Å². The molecule has 0 spiro atoms. The van der Waals surface area contributed by atoms with Gasteiger partial charge in [0, 0.05) is 37.0 Å². The first-order valence-corrected chi connectivity index (χ1v) is 7.98. The van der Waals surface area contributed by atoms with E-state index in [-0.39, 0.29) is 0 Å². The number of likely N-dealkylation sites (tertiary alicyclic amines) is 1. The standard InChI is InChI=1S/C13H25BrN2O/c1-11(2)15-6-7-17-13(9-15)10-16-5-3-4-12(16)8-14/h11-13H,3-10H2,1-2H3. The summed E-state index contributed by atoms with van der Waals surface area (Å²) in [5.74, 6) is 0. The summed E-state index contributed by atoms with van der Waals surface area (Å²) in [7, 11) is 0. The van der Waals surface area contributed by atoms with Gasteiger partial charge in [0.25, 0.3) is 0 Å². The lowest BCUT2D eigenvalue weighted by molar-refractivity contribution is -0.0526. The van der Waals surface area contributed by atoms with Gasteiger partial charge >= 0.3 is 0 Å². The van der Waals surface area contributed by atoms with Crippen LogP contribution in [-0.4, -0.2) is 66.1 Å². The van der Waals surface area contributed by atoms with Crippen molar-refractivity contribution in [3.05, 3.63) is 0 Å². The van der Waals surface area contributed by atoms with Gasteiger partial charge in [0.15, 0.2) is 0 Å². The molecule has 0 aromatic rings. The van der Waals surface area contributed by atoms with Gasteiger partial charge in [-0.3, -0.25) is 9.80 Å². The van der Waals surface area contributed by atoms with Crippen LogP contribution in [0.15, 0.2) is 0 Å². The molecule has 0 N–H and O–H groups in total. The minimum atomic E-state index is 0.408. The van der Waals surface area contributed by atoms with Gasteiger partial charge in [-0.1, -0.05) is 15.9 Å². The summed E-state index contributed by atoms with van der Waals surface area (Å²) in [4.78, 5) is 5.14. The first-order chi connectivity index (χ1) is 8.20. The summed E-state index contributed by atoms with van der Waals surface area (Å²) in [6.07, 6.45) is 3.09. The Hall–Kier alpha value is 0.360. The first-order valence-electron chi connectivity index (χ1n) is 6.86. The second kappa shape index (κ2) is 6.50. The highest BCUT2D eigenvalue weighted by Crippen LogP contribution is 2.20. The fourth-order valence-electron chi connectivity index (χ4n) is 2.89. The molecule has 0 radical (unpaired) electrons. The number of nitrogens with zero attached hydrogens (tertiary/aromatic N) is 2. The molecule has 2 saturated heterocycles. The van der Waals surface area contributed by atoms with E-state index in [1.807, 2.05) is 0 Å². The molecule has 0 aromatic carbocycles. The average Bonchev–Trinajstić information content (AvgIpc) is 2.76. The topological polar surface area (TPSA) is 15.7 Å². The van der Waals surface area contributed by atoms with E-state index in [9.17, 15) is 0 Å². The third-order valence-corrected chi connectivity index (χ3v) is 4.76. The molecule has 2 atom stereocenters. The van der Waals surface area contributed by atoms with Crippen LogP contribution in [0.4, 0.5) is 0 Å². The number of hydrogen-bond donors (Lipinski definition) is 0. The van der Waals surface area contributed by atoms with Gasteiger partial charge in [-0.2, -0.15) is 0 Å². The Morgan fingerprint density at radius 2 is 2.18 bits per heavy atom. The van der Waals surface area contributed by atoms with Gasteiger partial charge < -0.3 is 4.74 Å². The minimum absolute atomic E-state index is 0.408. The minimum Gasteiger partial charge on any atom is -0.374 e. The molecular weight excluding hydrogens is 280 g/mol. The average molecular weight is 305 g/mol. The molecule has 0 aromatic heterocycles. The number of halogens is 1. The van der Waals surface area contributed by atoms with E-state index < -0.39 is 0 Å². The molecule has 2 unspecified atom stereocenters. The quantitative estimate of drug-likeness (QED) is 0.739. The lowest BCUT2D eigenvalue weighted by Gasteiger charge is -2.37.